The van der Waals surface area contributed by atoms with Gasteiger partial charge in [0.1, 0.15) is 0 Å². The van der Waals surface area contributed by atoms with E-state index >= 15 is 0 Å². The van der Waals surface area contributed by atoms with E-state index in [1.165, 1.54) is 0 Å². The average molecular weight is 404 g/mol. The maximum absolute atomic E-state index is 13.2. The number of carbonyl (C=O) groups excluding carboxylic acids is 2. The molecule has 8 heteroatoms. The first-order chi connectivity index (χ1) is 14.5. The molecule has 1 saturated heterocycles. The van der Waals surface area contributed by atoms with Crippen LogP contribution in [0.1, 0.15) is 23.1 Å². The number of carbonyl (C=O) groups is 2. The van der Waals surface area contributed by atoms with Gasteiger partial charge in [-0.2, -0.15) is 0 Å². The third-order valence-corrected chi connectivity index (χ3v) is 5.27. The number of piperazine rings is 1. The lowest BCUT2D eigenvalue weighted by atomic mass is 10.2. The number of hydrogen-bond acceptors (Lipinski definition) is 5. The first kappa shape index (κ1) is 19.6. The fourth-order valence-electron chi connectivity index (χ4n) is 3.67. The number of anilines is 2. The topological polar surface area (TPSA) is 83.4 Å². The Balaban J connectivity index is 1.57. The van der Waals surface area contributed by atoms with Crippen molar-refractivity contribution in [1.29, 1.82) is 0 Å². The highest BCUT2D eigenvalue weighted by Crippen LogP contribution is 2.27. The lowest BCUT2D eigenvalue weighted by Crippen LogP contribution is -2.48. The van der Waals surface area contributed by atoms with Crippen molar-refractivity contribution in [2.45, 2.75) is 13.8 Å². The van der Waals surface area contributed by atoms with Gasteiger partial charge in [0.15, 0.2) is 5.69 Å². The van der Waals surface area contributed by atoms with E-state index in [0.29, 0.717) is 24.5 Å². The van der Waals surface area contributed by atoms with Gasteiger partial charge in [-0.15, -0.1) is 5.10 Å². The number of para-hydroxylation sites is 3. The molecule has 0 bridgehead atoms. The Hall–Kier alpha value is -3.68. The number of amides is 2. The van der Waals surface area contributed by atoms with Crippen LogP contribution in [0.3, 0.4) is 0 Å². The summed E-state index contributed by atoms with van der Waals surface area (Å²) >= 11 is 0. The summed E-state index contributed by atoms with van der Waals surface area (Å²) in [5.41, 5.74) is 3.39. The SMILES string of the molecule is CC(=O)N1CCN(c2ccccc2NC(=O)c2c(C)nnn2-c2ccccc2)CC1. The number of nitrogens with zero attached hydrogens (tertiary/aromatic N) is 5. The summed E-state index contributed by atoms with van der Waals surface area (Å²) in [5, 5.41) is 11.3. The van der Waals surface area contributed by atoms with E-state index in [4.69, 9.17) is 0 Å². The van der Waals surface area contributed by atoms with Crippen LogP contribution in [0.2, 0.25) is 0 Å². The summed E-state index contributed by atoms with van der Waals surface area (Å²) in [6.45, 7) is 6.14. The molecule has 1 fully saturated rings. The van der Waals surface area contributed by atoms with Gasteiger partial charge in [-0.25, -0.2) is 4.68 Å². The van der Waals surface area contributed by atoms with Gasteiger partial charge < -0.3 is 15.1 Å². The molecule has 0 spiro atoms. The predicted molar refractivity (Wildman–Crippen MR) is 115 cm³/mol. The lowest BCUT2D eigenvalue weighted by molar-refractivity contribution is -0.129. The Morgan fingerprint density at radius 2 is 1.60 bits per heavy atom. The Labute approximate surface area is 175 Å². The molecule has 4 rings (SSSR count). The van der Waals surface area contributed by atoms with Crippen LogP contribution in [0.15, 0.2) is 54.6 Å². The summed E-state index contributed by atoms with van der Waals surface area (Å²) in [6.07, 6.45) is 0. The largest absolute Gasteiger partial charge is 0.366 e. The van der Waals surface area contributed by atoms with Crippen LogP contribution in [-0.4, -0.2) is 57.9 Å². The zero-order valence-corrected chi connectivity index (χ0v) is 17.1. The third kappa shape index (κ3) is 3.89. The second-order valence-corrected chi connectivity index (χ2v) is 7.24. The van der Waals surface area contributed by atoms with Gasteiger partial charge in [0.25, 0.3) is 5.91 Å². The molecular weight excluding hydrogens is 380 g/mol. The number of nitrogens with one attached hydrogen (secondary N) is 1. The van der Waals surface area contributed by atoms with Crippen molar-refractivity contribution in [3.63, 3.8) is 0 Å². The molecule has 8 nitrogen and oxygen atoms in total. The molecule has 1 aliphatic heterocycles. The van der Waals surface area contributed by atoms with Crippen LogP contribution in [0.25, 0.3) is 5.69 Å². The molecule has 154 valence electrons. The molecule has 0 atom stereocenters. The second kappa shape index (κ2) is 8.36. The highest BCUT2D eigenvalue weighted by Gasteiger charge is 2.23. The minimum Gasteiger partial charge on any atom is -0.366 e. The fourth-order valence-corrected chi connectivity index (χ4v) is 3.67. The normalized spacial score (nSPS) is 13.9. The van der Waals surface area contributed by atoms with Crippen LogP contribution in [-0.2, 0) is 4.79 Å². The molecule has 0 radical (unpaired) electrons. The summed E-state index contributed by atoms with van der Waals surface area (Å²) < 4.78 is 1.55. The van der Waals surface area contributed by atoms with Gasteiger partial charge >= 0.3 is 0 Å². The van der Waals surface area contributed by atoms with Crippen LogP contribution in [0.5, 0.6) is 0 Å². The highest BCUT2D eigenvalue weighted by molar-refractivity contribution is 6.05. The molecule has 3 aromatic rings. The Morgan fingerprint density at radius 1 is 0.933 bits per heavy atom. The first-order valence-corrected chi connectivity index (χ1v) is 9.93. The van der Waals surface area contributed by atoms with E-state index < -0.39 is 0 Å². The van der Waals surface area contributed by atoms with Crippen molar-refractivity contribution in [3.05, 3.63) is 66.0 Å². The standard InChI is InChI=1S/C22H24N6O2/c1-16-21(28(25-24-16)18-8-4-3-5-9-18)22(30)23-19-10-6-7-11-20(19)27-14-12-26(13-15-27)17(2)29/h3-11H,12-15H2,1-2H3,(H,23,30). The number of benzene rings is 2. The predicted octanol–water partition coefficient (Wildman–Crippen LogP) is 2.50. The Bertz CT molecular complexity index is 1050. The highest BCUT2D eigenvalue weighted by atomic mass is 16.2. The Kier molecular flexibility index (Phi) is 5.47. The molecule has 2 amide bonds. The average Bonchev–Trinajstić information content (AvgIpc) is 3.16. The summed E-state index contributed by atoms with van der Waals surface area (Å²) in [7, 11) is 0. The smallest absolute Gasteiger partial charge is 0.276 e. The number of aromatic nitrogens is 3. The lowest BCUT2D eigenvalue weighted by Gasteiger charge is -2.36. The molecule has 2 heterocycles. The van der Waals surface area contributed by atoms with Crippen molar-refractivity contribution in [2.24, 2.45) is 0 Å². The van der Waals surface area contributed by atoms with Crippen LogP contribution in [0, 0.1) is 6.92 Å². The maximum atomic E-state index is 13.2. The molecule has 0 saturated carbocycles. The fraction of sp³-hybridized carbons (Fsp3) is 0.273. The van der Waals surface area contributed by atoms with Crippen LogP contribution < -0.4 is 10.2 Å². The molecule has 2 aromatic carbocycles. The number of hydrogen-bond donors (Lipinski definition) is 1. The number of aryl methyl sites for hydroxylation is 1. The van der Waals surface area contributed by atoms with Crippen LogP contribution >= 0.6 is 0 Å². The van der Waals surface area contributed by atoms with Crippen molar-refractivity contribution in [2.75, 3.05) is 36.4 Å². The van der Waals surface area contributed by atoms with Gasteiger partial charge in [0, 0.05) is 33.1 Å². The van der Waals surface area contributed by atoms with Gasteiger partial charge in [-0.1, -0.05) is 35.5 Å². The second-order valence-electron chi connectivity index (χ2n) is 7.24. The van der Waals surface area contributed by atoms with E-state index in [1.54, 1.807) is 18.5 Å². The molecular formula is C22H24N6O2. The zero-order valence-electron chi connectivity index (χ0n) is 17.1. The minimum atomic E-state index is -0.267. The number of rotatable bonds is 4. The molecule has 0 aliphatic carbocycles. The van der Waals surface area contributed by atoms with Gasteiger partial charge in [0.2, 0.25) is 5.91 Å². The summed E-state index contributed by atoms with van der Waals surface area (Å²) in [6, 6.07) is 17.2. The summed E-state index contributed by atoms with van der Waals surface area (Å²) in [5.74, 6) is -0.176. The van der Waals surface area contributed by atoms with Crippen molar-refractivity contribution >= 4 is 23.2 Å². The molecule has 30 heavy (non-hydrogen) atoms. The molecule has 1 aromatic heterocycles. The van der Waals surface area contributed by atoms with Crippen molar-refractivity contribution < 1.29 is 9.59 Å². The van der Waals surface area contributed by atoms with E-state index in [9.17, 15) is 9.59 Å². The Morgan fingerprint density at radius 3 is 2.30 bits per heavy atom. The van der Waals surface area contributed by atoms with Crippen molar-refractivity contribution in [1.82, 2.24) is 19.9 Å². The van der Waals surface area contributed by atoms with E-state index in [0.717, 1.165) is 30.2 Å². The zero-order chi connectivity index (χ0) is 21.1. The first-order valence-electron chi connectivity index (χ1n) is 9.93. The van der Waals surface area contributed by atoms with Crippen molar-refractivity contribution in [3.8, 4) is 5.69 Å². The quantitative estimate of drug-likeness (QED) is 0.722. The van der Waals surface area contributed by atoms with E-state index in [1.807, 2.05) is 59.5 Å². The van der Waals surface area contributed by atoms with E-state index in [-0.39, 0.29) is 11.8 Å². The summed E-state index contributed by atoms with van der Waals surface area (Å²) in [4.78, 5) is 28.8. The van der Waals surface area contributed by atoms with Gasteiger partial charge in [0.05, 0.1) is 22.8 Å². The molecule has 1 aliphatic rings. The van der Waals surface area contributed by atoms with E-state index in [2.05, 4.69) is 20.5 Å². The van der Waals surface area contributed by atoms with Gasteiger partial charge in [-0.05, 0) is 31.2 Å². The third-order valence-electron chi connectivity index (χ3n) is 5.27. The van der Waals surface area contributed by atoms with Crippen LogP contribution in [0.4, 0.5) is 11.4 Å². The maximum Gasteiger partial charge on any atom is 0.276 e. The molecule has 0 unspecified atom stereocenters. The monoisotopic (exact) mass is 404 g/mol. The minimum absolute atomic E-state index is 0.0911. The van der Waals surface area contributed by atoms with Gasteiger partial charge in [-0.3, -0.25) is 9.59 Å². The molecule has 1 N–H and O–H groups in total.